The molecule has 0 aliphatic rings. The van der Waals surface area contributed by atoms with Gasteiger partial charge in [0, 0.05) is 25.4 Å². The first-order valence-corrected chi connectivity index (χ1v) is 9.08. The first-order chi connectivity index (χ1) is 13.5. The molecular formula is C18H18ClFN8. The lowest BCUT2D eigenvalue weighted by Crippen LogP contribution is -2.20. The van der Waals surface area contributed by atoms with Gasteiger partial charge in [-0.05, 0) is 18.1 Å². The Bertz CT molecular complexity index is 1120. The van der Waals surface area contributed by atoms with Crippen molar-refractivity contribution in [3.63, 3.8) is 0 Å². The summed E-state index contributed by atoms with van der Waals surface area (Å²) in [5.41, 5.74) is 3.38. The lowest BCUT2D eigenvalue weighted by molar-refractivity contribution is 0.617. The van der Waals surface area contributed by atoms with Gasteiger partial charge in [-0.3, -0.25) is 5.10 Å². The highest BCUT2D eigenvalue weighted by Crippen LogP contribution is 2.27. The molecule has 3 heterocycles. The number of imidazole rings is 1. The van der Waals surface area contributed by atoms with E-state index in [-0.39, 0.29) is 5.82 Å². The maximum Gasteiger partial charge on any atom is 0.227 e. The molecule has 0 fully saturated rings. The van der Waals surface area contributed by atoms with Crippen LogP contribution in [0, 0.1) is 5.82 Å². The third-order valence-corrected chi connectivity index (χ3v) is 4.77. The average Bonchev–Trinajstić information content (AvgIpc) is 3.35. The fourth-order valence-electron chi connectivity index (χ4n) is 2.82. The van der Waals surface area contributed by atoms with Crippen LogP contribution < -0.4 is 10.2 Å². The van der Waals surface area contributed by atoms with Crippen LogP contribution in [0.1, 0.15) is 18.2 Å². The Balaban J connectivity index is 1.56. The van der Waals surface area contributed by atoms with Crippen LogP contribution in [0.5, 0.6) is 0 Å². The number of anilines is 3. The second-order valence-electron chi connectivity index (χ2n) is 6.32. The monoisotopic (exact) mass is 400 g/mol. The van der Waals surface area contributed by atoms with Gasteiger partial charge in [-0.1, -0.05) is 24.6 Å². The molecule has 0 saturated carbocycles. The summed E-state index contributed by atoms with van der Waals surface area (Å²) in [6.45, 7) is 2.44. The van der Waals surface area contributed by atoms with E-state index in [1.54, 1.807) is 11.2 Å². The van der Waals surface area contributed by atoms with Crippen LogP contribution in [0.3, 0.4) is 0 Å². The minimum absolute atomic E-state index is 0.0554. The highest BCUT2D eigenvalue weighted by molar-refractivity contribution is 6.35. The zero-order valence-electron chi connectivity index (χ0n) is 15.3. The standard InChI is InChI=1S/C18H18ClFN8/c1-3-11-6-14(27-26-11)24-17-12(20)7-21-18(25-17)28(2)8-10-4-5-13-16(15(10)19)23-9-22-13/h4-7,9H,3,8H2,1-2H3,(H,22,23)(H2,21,24,25,26,27). The molecule has 4 aromatic rings. The first-order valence-electron chi connectivity index (χ1n) is 8.70. The van der Waals surface area contributed by atoms with E-state index in [1.807, 2.05) is 32.2 Å². The van der Waals surface area contributed by atoms with Gasteiger partial charge in [0.2, 0.25) is 5.95 Å². The highest BCUT2D eigenvalue weighted by atomic mass is 35.5. The molecule has 3 N–H and O–H groups in total. The number of hydrogen-bond acceptors (Lipinski definition) is 6. The van der Waals surface area contributed by atoms with Crippen molar-refractivity contribution < 1.29 is 4.39 Å². The topological polar surface area (TPSA) is 98.4 Å². The Kier molecular flexibility index (Phi) is 4.82. The quantitative estimate of drug-likeness (QED) is 0.455. The van der Waals surface area contributed by atoms with Gasteiger partial charge < -0.3 is 15.2 Å². The lowest BCUT2D eigenvalue weighted by Gasteiger charge is -2.18. The number of nitrogens with one attached hydrogen (secondary N) is 3. The SMILES string of the molecule is CCc1cc(Nc2nc(N(C)Cc3ccc4[nH]cnc4c3Cl)ncc2F)n[nH]1. The minimum Gasteiger partial charge on any atom is -0.345 e. The zero-order valence-corrected chi connectivity index (χ0v) is 16.0. The van der Waals surface area contributed by atoms with Crippen LogP contribution in [-0.4, -0.2) is 37.2 Å². The van der Waals surface area contributed by atoms with Gasteiger partial charge in [0.05, 0.1) is 23.1 Å². The van der Waals surface area contributed by atoms with Crippen LogP contribution in [0.2, 0.25) is 5.02 Å². The second kappa shape index (κ2) is 7.43. The number of rotatable bonds is 6. The van der Waals surface area contributed by atoms with Crippen LogP contribution in [0.25, 0.3) is 11.0 Å². The molecule has 0 unspecified atom stereocenters. The van der Waals surface area contributed by atoms with Crippen molar-refractivity contribution >= 4 is 40.2 Å². The van der Waals surface area contributed by atoms with Gasteiger partial charge in [0.25, 0.3) is 0 Å². The molecule has 0 aliphatic carbocycles. The maximum absolute atomic E-state index is 14.2. The summed E-state index contributed by atoms with van der Waals surface area (Å²) in [7, 11) is 1.81. The van der Waals surface area contributed by atoms with E-state index >= 15 is 0 Å². The Hall–Kier alpha value is -3.20. The Morgan fingerprint density at radius 1 is 1.29 bits per heavy atom. The normalized spacial score (nSPS) is 11.1. The first kappa shape index (κ1) is 18.2. The predicted molar refractivity (Wildman–Crippen MR) is 106 cm³/mol. The third-order valence-electron chi connectivity index (χ3n) is 4.35. The smallest absolute Gasteiger partial charge is 0.227 e. The van der Waals surface area contributed by atoms with Crippen molar-refractivity contribution in [2.24, 2.45) is 0 Å². The largest absolute Gasteiger partial charge is 0.345 e. The molecule has 0 bridgehead atoms. The predicted octanol–water partition coefficient (Wildman–Crippen LogP) is 3.81. The van der Waals surface area contributed by atoms with Crippen LogP contribution in [-0.2, 0) is 13.0 Å². The summed E-state index contributed by atoms with van der Waals surface area (Å²) in [5, 5.41) is 10.4. The average molecular weight is 401 g/mol. The van der Waals surface area contributed by atoms with E-state index < -0.39 is 5.82 Å². The van der Waals surface area contributed by atoms with Gasteiger partial charge in [0.15, 0.2) is 17.5 Å². The molecule has 144 valence electrons. The van der Waals surface area contributed by atoms with Crippen LogP contribution >= 0.6 is 11.6 Å². The summed E-state index contributed by atoms with van der Waals surface area (Å²) in [6.07, 6.45) is 3.53. The fraction of sp³-hybridized carbons (Fsp3) is 0.222. The van der Waals surface area contributed by atoms with E-state index in [1.165, 1.54) is 0 Å². The minimum atomic E-state index is -0.561. The second-order valence-corrected chi connectivity index (χ2v) is 6.69. The van der Waals surface area contributed by atoms with E-state index in [0.29, 0.717) is 28.9 Å². The lowest BCUT2D eigenvalue weighted by atomic mass is 10.2. The molecular weight excluding hydrogens is 383 g/mol. The maximum atomic E-state index is 14.2. The molecule has 28 heavy (non-hydrogen) atoms. The van der Waals surface area contributed by atoms with E-state index in [4.69, 9.17) is 11.6 Å². The number of hydrogen-bond donors (Lipinski definition) is 3. The summed E-state index contributed by atoms with van der Waals surface area (Å²) in [6, 6.07) is 5.64. The van der Waals surface area contributed by atoms with Crippen LogP contribution in [0.4, 0.5) is 22.0 Å². The molecule has 4 rings (SSSR count). The van der Waals surface area contributed by atoms with E-state index in [0.717, 1.165) is 29.4 Å². The number of nitrogens with zero attached hydrogens (tertiary/aromatic N) is 5. The zero-order chi connectivity index (χ0) is 19.7. The van der Waals surface area contributed by atoms with Crippen molar-refractivity contribution in [3.05, 3.63) is 52.8 Å². The summed E-state index contributed by atoms with van der Waals surface area (Å²) < 4.78 is 14.2. The van der Waals surface area contributed by atoms with Gasteiger partial charge in [-0.15, -0.1) is 0 Å². The Morgan fingerprint density at radius 2 is 2.14 bits per heavy atom. The number of benzene rings is 1. The van der Waals surface area contributed by atoms with Gasteiger partial charge in [-0.25, -0.2) is 14.4 Å². The van der Waals surface area contributed by atoms with Crippen molar-refractivity contribution in [3.8, 4) is 0 Å². The number of aryl methyl sites for hydroxylation is 1. The molecule has 8 nitrogen and oxygen atoms in total. The van der Waals surface area contributed by atoms with Crippen LogP contribution in [0.15, 0.2) is 30.7 Å². The molecule has 0 saturated heterocycles. The van der Waals surface area contributed by atoms with Gasteiger partial charge >= 0.3 is 0 Å². The molecule has 0 amide bonds. The Labute approximate surface area is 165 Å². The van der Waals surface area contributed by atoms with Gasteiger partial charge in [-0.2, -0.15) is 10.1 Å². The number of aromatic nitrogens is 6. The molecule has 0 aliphatic heterocycles. The molecule has 0 spiro atoms. The number of halogens is 2. The molecule has 0 atom stereocenters. The molecule has 10 heteroatoms. The van der Waals surface area contributed by atoms with Crippen molar-refractivity contribution in [2.75, 3.05) is 17.3 Å². The molecule has 3 aromatic heterocycles. The van der Waals surface area contributed by atoms with Crippen molar-refractivity contribution in [1.82, 2.24) is 30.1 Å². The van der Waals surface area contributed by atoms with Crippen molar-refractivity contribution in [2.45, 2.75) is 19.9 Å². The highest BCUT2D eigenvalue weighted by Gasteiger charge is 2.15. The third kappa shape index (κ3) is 3.48. The Morgan fingerprint density at radius 3 is 2.93 bits per heavy atom. The van der Waals surface area contributed by atoms with E-state index in [2.05, 4.69) is 35.5 Å². The van der Waals surface area contributed by atoms with E-state index in [9.17, 15) is 4.39 Å². The number of aromatic amines is 2. The molecule has 0 radical (unpaired) electrons. The van der Waals surface area contributed by atoms with Gasteiger partial charge in [0.1, 0.15) is 5.52 Å². The summed E-state index contributed by atoms with van der Waals surface area (Å²) in [5.74, 6) is 0.345. The molecule has 1 aromatic carbocycles. The fourth-order valence-corrected chi connectivity index (χ4v) is 3.09. The summed E-state index contributed by atoms with van der Waals surface area (Å²) in [4.78, 5) is 17.4. The number of fused-ring (bicyclic) bond motifs is 1. The van der Waals surface area contributed by atoms with Crippen molar-refractivity contribution in [1.29, 1.82) is 0 Å². The number of H-pyrrole nitrogens is 2. The summed E-state index contributed by atoms with van der Waals surface area (Å²) >= 11 is 6.46.